The second-order valence-corrected chi connectivity index (χ2v) is 6.54. The van der Waals surface area contributed by atoms with Crippen LogP contribution in [0.2, 0.25) is 0 Å². The van der Waals surface area contributed by atoms with Crippen LogP contribution in [-0.2, 0) is 4.74 Å². The summed E-state index contributed by atoms with van der Waals surface area (Å²) in [6.07, 6.45) is 13.6. The van der Waals surface area contributed by atoms with Gasteiger partial charge >= 0.3 is 0 Å². The third kappa shape index (κ3) is 8.18. The molecule has 0 bridgehead atoms. The molecule has 3 nitrogen and oxygen atoms in total. The molecule has 21 heavy (non-hydrogen) atoms. The molecule has 0 unspecified atom stereocenters. The molecule has 0 aromatic rings. The fourth-order valence-corrected chi connectivity index (χ4v) is 3.08. The van der Waals surface area contributed by atoms with E-state index in [1.54, 1.807) is 0 Å². The molecule has 1 aliphatic rings. The van der Waals surface area contributed by atoms with Crippen molar-refractivity contribution in [1.29, 1.82) is 0 Å². The summed E-state index contributed by atoms with van der Waals surface area (Å²) in [6.45, 7) is 6.16. The van der Waals surface area contributed by atoms with Gasteiger partial charge < -0.3 is 15.2 Å². The lowest BCUT2D eigenvalue weighted by Gasteiger charge is -2.18. The number of ether oxygens (including phenoxy) is 1. The third-order valence-corrected chi connectivity index (χ3v) is 4.56. The number of hydrogen-bond acceptors (Lipinski definition) is 3. The van der Waals surface area contributed by atoms with Crippen molar-refractivity contribution in [2.45, 2.75) is 103 Å². The minimum absolute atomic E-state index is 0.0596. The quantitative estimate of drug-likeness (QED) is 0.504. The van der Waals surface area contributed by atoms with Gasteiger partial charge in [0, 0.05) is 0 Å². The fraction of sp³-hybridized carbons (Fsp3) is 1.00. The monoisotopic (exact) mass is 299 g/mol. The van der Waals surface area contributed by atoms with E-state index in [2.05, 4.69) is 19.2 Å². The van der Waals surface area contributed by atoms with Crippen molar-refractivity contribution in [3.63, 3.8) is 0 Å². The summed E-state index contributed by atoms with van der Waals surface area (Å²) in [5.41, 5.74) is 0. The molecule has 3 atom stereocenters. The van der Waals surface area contributed by atoms with Crippen LogP contribution >= 0.6 is 0 Å². The van der Waals surface area contributed by atoms with Gasteiger partial charge in [-0.3, -0.25) is 0 Å². The standard InChI is InChI=1S/C18H37NO2/c1-3-5-7-9-10-11-13-17-18(20)16(15-21-17)19-14-12-8-6-4-2/h16-20H,3-15H2,1-2H3/t16-,17-,18-/m0/s1. The molecule has 0 aromatic heterocycles. The van der Waals surface area contributed by atoms with Crippen LogP contribution in [0, 0.1) is 0 Å². The van der Waals surface area contributed by atoms with E-state index in [0.717, 1.165) is 13.0 Å². The zero-order chi connectivity index (χ0) is 15.3. The molecule has 0 aliphatic carbocycles. The second-order valence-electron chi connectivity index (χ2n) is 6.54. The predicted molar refractivity (Wildman–Crippen MR) is 89.7 cm³/mol. The molecule has 2 N–H and O–H groups in total. The van der Waals surface area contributed by atoms with Crippen LogP contribution < -0.4 is 5.32 Å². The molecule has 1 rings (SSSR count). The Bertz CT molecular complexity index is 235. The predicted octanol–water partition coefficient (Wildman–Crippen LogP) is 4.04. The van der Waals surface area contributed by atoms with Crippen molar-refractivity contribution in [2.24, 2.45) is 0 Å². The van der Waals surface area contributed by atoms with Gasteiger partial charge in [-0.2, -0.15) is 0 Å². The highest BCUT2D eigenvalue weighted by Crippen LogP contribution is 2.20. The van der Waals surface area contributed by atoms with Crippen molar-refractivity contribution in [3.05, 3.63) is 0 Å². The zero-order valence-corrected chi connectivity index (χ0v) is 14.3. The van der Waals surface area contributed by atoms with E-state index in [1.165, 1.54) is 64.2 Å². The number of aliphatic hydroxyl groups excluding tert-OH is 1. The van der Waals surface area contributed by atoms with Crippen LogP contribution in [0.3, 0.4) is 0 Å². The Kier molecular flexibility index (Phi) is 11.2. The lowest BCUT2D eigenvalue weighted by molar-refractivity contribution is 0.0334. The molecule has 0 radical (unpaired) electrons. The van der Waals surface area contributed by atoms with Crippen molar-refractivity contribution in [1.82, 2.24) is 5.32 Å². The van der Waals surface area contributed by atoms with Gasteiger partial charge in [-0.05, 0) is 19.4 Å². The number of unbranched alkanes of at least 4 members (excludes halogenated alkanes) is 8. The summed E-state index contributed by atoms with van der Waals surface area (Å²) in [7, 11) is 0. The van der Waals surface area contributed by atoms with E-state index in [0.29, 0.717) is 6.61 Å². The van der Waals surface area contributed by atoms with Crippen molar-refractivity contribution in [3.8, 4) is 0 Å². The van der Waals surface area contributed by atoms with Gasteiger partial charge in [-0.15, -0.1) is 0 Å². The van der Waals surface area contributed by atoms with Crippen molar-refractivity contribution < 1.29 is 9.84 Å². The van der Waals surface area contributed by atoms with E-state index in [-0.39, 0.29) is 18.2 Å². The SMILES string of the molecule is CCCCCCCC[C@@H]1OC[C@H](NCCCCCC)[C@@H]1O. The summed E-state index contributed by atoms with van der Waals surface area (Å²) < 4.78 is 5.77. The lowest BCUT2D eigenvalue weighted by Crippen LogP contribution is -2.41. The van der Waals surface area contributed by atoms with Gasteiger partial charge in [0.25, 0.3) is 0 Å². The van der Waals surface area contributed by atoms with Crippen LogP contribution in [0.4, 0.5) is 0 Å². The van der Waals surface area contributed by atoms with Crippen molar-refractivity contribution >= 4 is 0 Å². The Morgan fingerprint density at radius 2 is 1.52 bits per heavy atom. The van der Waals surface area contributed by atoms with Crippen LogP contribution in [0.5, 0.6) is 0 Å². The highest BCUT2D eigenvalue weighted by molar-refractivity contribution is 4.88. The maximum Gasteiger partial charge on any atom is 0.0976 e. The van der Waals surface area contributed by atoms with E-state index < -0.39 is 0 Å². The largest absolute Gasteiger partial charge is 0.389 e. The molecule has 0 saturated carbocycles. The molecular formula is C18H37NO2. The minimum Gasteiger partial charge on any atom is -0.389 e. The van der Waals surface area contributed by atoms with Crippen LogP contribution in [0.25, 0.3) is 0 Å². The number of aliphatic hydroxyl groups is 1. The molecule has 1 fully saturated rings. The van der Waals surface area contributed by atoms with Gasteiger partial charge in [-0.25, -0.2) is 0 Å². The fourth-order valence-electron chi connectivity index (χ4n) is 3.08. The number of nitrogens with one attached hydrogen (secondary N) is 1. The average molecular weight is 299 g/mol. The lowest BCUT2D eigenvalue weighted by atomic mass is 10.0. The molecule has 1 heterocycles. The van der Waals surface area contributed by atoms with Gasteiger partial charge in [-0.1, -0.05) is 71.6 Å². The summed E-state index contributed by atoms with van der Waals surface area (Å²) in [4.78, 5) is 0. The summed E-state index contributed by atoms with van der Waals surface area (Å²) in [5.74, 6) is 0. The topological polar surface area (TPSA) is 41.5 Å². The molecular weight excluding hydrogens is 262 g/mol. The Morgan fingerprint density at radius 3 is 2.24 bits per heavy atom. The Labute approximate surface area is 131 Å². The van der Waals surface area contributed by atoms with Crippen LogP contribution in [0.1, 0.15) is 84.5 Å². The smallest absolute Gasteiger partial charge is 0.0976 e. The maximum absolute atomic E-state index is 10.3. The Morgan fingerprint density at radius 1 is 0.905 bits per heavy atom. The zero-order valence-electron chi connectivity index (χ0n) is 14.3. The number of hydrogen-bond donors (Lipinski definition) is 2. The van der Waals surface area contributed by atoms with Crippen LogP contribution in [0.15, 0.2) is 0 Å². The van der Waals surface area contributed by atoms with Crippen molar-refractivity contribution in [2.75, 3.05) is 13.2 Å². The molecule has 0 aromatic carbocycles. The van der Waals surface area contributed by atoms with Crippen LogP contribution in [-0.4, -0.2) is 36.5 Å². The summed E-state index contributed by atoms with van der Waals surface area (Å²) in [5, 5.41) is 13.8. The summed E-state index contributed by atoms with van der Waals surface area (Å²) >= 11 is 0. The highest BCUT2D eigenvalue weighted by atomic mass is 16.5. The van der Waals surface area contributed by atoms with Gasteiger partial charge in [0.1, 0.15) is 0 Å². The van der Waals surface area contributed by atoms with E-state index >= 15 is 0 Å². The second kappa shape index (κ2) is 12.4. The Hall–Kier alpha value is -0.120. The Balaban J connectivity index is 2.02. The van der Waals surface area contributed by atoms with Gasteiger partial charge in [0.2, 0.25) is 0 Å². The normalized spacial score (nSPS) is 25.6. The minimum atomic E-state index is -0.313. The first-order chi connectivity index (χ1) is 10.3. The molecule has 3 heteroatoms. The summed E-state index contributed by atoms with van der Waals surface area (Å²) in [6, 6.07) is 0.150. The molecule has 1 saturated heterocycles. The first-order valence-electron chi connectivity index (χ1n) is 9.32. The maximum atomic E-state index is 10.3. The highest BCUT2D eigenvalue weighted by Gasteiger charge is 2.34. The molecule has 1 aliphatic heterocycles. The first kappa shape index (κ1) is 18.9. The third-order valence-electron chi connectivity index (χ3n) is 4.56. The number of rotatable bonds is 13. The first-order valence-corrected chi connectivity index (χ1v) is 9.32. The molecule has 0 amide bonds. The molecule has 126 valence electrons. The molecule has 0 spiro atoms. The van der Waals surface area contributed by atoms with E-state index in [9.17, 15) is 5.11 Å². The van der Waals surface area contributed by atoms with E-state index in [4.69, 9.17) is 4.74 Å². The van der Waals surface area contributed by atoms with Gasteiger partial charge in [0.05, 0.1) is 24.9 Å². The average Bonchev–Trinajstić information content (AvgIpc) is 2.83. The van der Waals surface area contributed by atoms with Gasteiger partial charge in [0.15, 0.2) is 0 Å². The van der Waals surface area contributed by atoms with E-state index in [1.807, 2.05) is 0 Å².